The molecule has 0 saturated carbocycles. The minimum atomic E-state index is -0.742. The van der Waals surface area contributed by atoms with Gasteiger partial charge in [-0.3, -0.25) is 5.32 Å². The Kier molecular flexibility index (Phi) is 5.50. The van der Waals surface area contributed by atoms with Crippen molar-refractivity contribution in [3.8, 4) is 11.3 Å². The summed E-state index contributed by atoms with van der Waals surface area (Å²) >= 11 is 0. The Morgan fingerprint density at radius 2 is 1.81 bits per heavy atom. The molecule has 9 heteroatoms. The van der Waals surface area contributed by atoms with Gasteiger partial charge in [-0.1, -0.05) is 0 Å². The maximum Gasteiger partial charge on any atom is 0.323 e. The second kappa shape index (κ2) is 8.25. The molecule has 1 aliphatic heterocycles. The van der Waals surface area contributed by atoms with E-state index in [0.29, 0.717) is 19.5 Å². The number of nitrogens with two attached hydrogens (primary N) is 1. The van der Waals surface area contributed by atoms with Gasteiger partial charge in [0.2, 0.25) is 0 Å². The molecule has 3 aromatic rings. The van der Waals surface area contributed by atoms with Crippen molar-refractivity contribution in [2.75, 3.05) is 24.1 Å². The molecule has 31 heavy (non-hydrogen) atoms. The predicted molar refractivity (Wildman–Crippen MR) is 113 cm³/mol. The lowest BCUT2D eigenvalue weighted by molar-refractivity contribution is 0.129. The molecular formula is C22H22F2N6O. The molecule has 2 amide bonds. The number of anilines is 2. The Hall–Kier alpha value is -3.62. The third-order valence-corrected chi connectivity index (χ3v) is 5.10. The molecule has 1 aliphatic rings. The van der Waals surface area contributed by atoms with Crippen LogP contribution in [0.5, 0.6) is 0 Å². The van der Waals surface area contributed by atoms with E-state index >= 15 is 0 Å². The molecule has 0 atom stereocenters. The monoisotopic (exact) mass is 424 g/mol. The lowest BCUT2D eigenvalue weighted by Gasteiger charge is -2.38. The second-order valence-corrected chi connectivity index (χ2v) is 7.73. The van der Waals surface area contributed by atoms with Crippen LogP contribution >= 0.6 is 0 Å². The Balaban J connectivity index is 1.40. The maximum atomic E-state index is 14.1. The first-order valence-corrected chi connectivity index (χ1v) is 9.87. The van der Waals surface area contributed by atoms with Gasteiger partial charge in [0.25, 0.3) is 0 Å². The Bertz CT molecular complexity index is 1130. The van der Waals surface area contributed by atoms with Crippen LogP contribution in [0.15, 0.2) is 36.4 Å². The highest BCUT2D eigenvalue weighted by Crippen LogP contribution is 2.27. The van der Waals surface area contributed by atoms with Gasteiger partial charge in [0, 0.05) is 48.4 Å². The highest BCUT2D eigenvalue weighted by molar-refractivity contribution is 5.92. The van der Waals surface area contributed by atoms with Crippen LogP contribution < -0.4 is 11.1 Å². The number of benzene rings is 1. The van der Waals surface area contributed by atoms with E-state index in [1.54, 1.807) is 4.90 Å². The molecule has 3 heterocycles. The lowest BCUT2D eigenvalue weighted by atomic mass is 9.96. The number of rotatable bonds is 4. The topological polar surface area (TPSA) is 97.0 Å². The number of pyridine rings is 1. The summed E-state index contributed by atoms with van der Waals surface area (Å²) in [6.45, 7) is 4.99. The summed E-state index contributed by atoms with van der Waals surface area (Å²) in [6, 6.07) is 7.85. The fraction of sp³-hybridized carbons (Fsp3) is 0.273. The van der Waals surface area contributed by atoms with Crippen LogP contribution in [0.3, 0.4) is 0 Å². The van der Waals surface area contributed by atoms with Crippen molar-refractivity contribution in [1.82, 2.24) is 19.9 Å². The number of nitrogen functional groups attached to an aromatic ring is 1. The van der Waals surface area contributed by atoms with Gasteiger partial charge in [0.15, 0.2) is 5.82 Å². The molecule has 0 bridgehead atoms. The van der Waals surface area contributed by atoms with E-state index in [2.05, 4.69) is 20.3 Å². The fourth-order valence-electron chi connectivity index (χ4n) is 3.61. The van der Waals surface area contributed by atoms with Crippen molar-refractivity contribution in [3.05, 3.63) is 65.2 Å². The number of nitrogens with one attached hydrogen (secondary N) is 1. The van der Waals surface area contributed by atoms with Crippen molar-refractivity contribution in [2.24, 2.45) is 5.92 Å². The molecule has 3 N–H and O–H groups in total. The first-order chi connectivity index (χ1) is 14.8. The molecule has 0 unspecified atom stereocenters. The number of carbonyl (C=O) groups excluding carboxylic acids is 1. The minimum Gasteiger partial charge on any atom is -0.396 e. The zero-order valence-electron chi connectivity index (χ0n) is 17.2. The number of hydrogen-bond acceptors (Lipinski definition) is 5. The number of hydrogen-bond donors (Lipinski definition) is 2. The van der Waals surface area contributed by atoms with Gasteiger partial charge in [-0.15, -0.1) is 0 Å². The first kappa shape index (κ1) is 20.6. The van der Waals surface area contributed by atoms with Crippen LogP contribution in [-0.2, 0) is 6.42 Å². The molecule has 1 aromatic carbocycles. The summed E-state index contributed by atoms with van der Waals surface area (Å²) in [5, 5.41) is 2.68. The average molecular weight is 424 g/mol. The molecule has 7 nitrogen and oxygen atoms in total. The van der Waals surface area contributed by atoms with Crippen LogP contribution in [0.25, 0.3) is 11.3 Å². The third kappa shape index (κ3) is 4.60. The zero-order chi connectivity index (χ0) is 22.1. The first-order valence-electron chi connectivity index (χ1n) is 9.87. The second-order valence-electron chi connectivity index (χ2n) is 7.73. The quantitative estimate of drug-likeness (QED) is 0.665. The summed E-state index contributed by atoms with van der Waals surface area (Å²) in [5.41, 5.74) is 8.40. The number of urea groups is 1. The largest absolute Gasteiger partial charge is 0.396 e. The zero-order valence-corrected chi connectivity index (χ0v) is 17.2. The Morgan fingerprint density at radius 3 is 2.48 bits per heavy atom. The normalized spacial score (nSPS) is 13.7. The van der Waals surface area contributed by atoms with Crippen LogP contribution in [0.4, 0.5) is 25.1 Å². The number of halogens is 2. The van der Waals surface area contributed by atoms with Gasteiger partial charge in [-0.25, -0.2) is 28.5 Å². The number of amides is 2. The van der Waals surface area contributed by atoms with Gasteiger partial charge in [-0.2, -0.15) is 0 Å². The van der Waals surface area contributed by atoms with Crippen molar-refractivity contribution in [2.45, 2.75) is 20.3 Å². The van der Waals surface area contributed by atoms with Gasteiger partial charge >= 0.3 is 6.03 Å². The summed E-state index contributed by atoms with van der Waals surface area (Å²) in [7, 11) is 0. The van der Waals surface area contributed by atoms with E-state index < -0.39 is 11.6 Å². The average Bonchev–Trinajstić information content (AvgIpc) is 2.65. The van der Waals surface area contributed by atoms with E-state index in [-0.39, 0.29) is 34.7 Å². The highest BCUT2D eigenvalue weighted by atomic mass is 19.1. The van der Waals surface area contributed by atoms with Gasteiger partial charge in [-0.05, 0) is 44.2 Å². The van der Waals surface area contributed by atoms with Crippen LogP contribution in [0.2, 0.25) is 0 Å². The molecule has 160 valence electrons. The Morgan fingerprint density at radius 1 is 1.10 bits per heavy atom. The molecule has 4 rings (SSSR count). The summed E-state index contributed by atoms with van der Waals surface area (Å²) in [6.07, 6.45) is 0.700. The Labute approximate surface area is 178 Å². The molecule has 0 spiro atoms. The number of aromatic nitrogens is 3. The predicted octanol–water partition coefficient (Wildman–Crippen LogP) is 3.72. The molecule has 1 fully saturated rings. The van der Waals surface area contributed by atoms with E-state index in [1.165, 1.54) is 18.2 Å². The SMILES string of the molecule is Cc1cc(C)nc(CC2CN(C(=O)Nc3nc(-c4ccc(F)cc4F)ccc3N)C2)n1. The van der Waals surface area contributed by atoms with E-state index in [1.807, 2.05) is 19.9 Å². The van der Waals surface area contributed by atoms with Gasteiger partial charge in [0.05, 0.1) is 11.4 Å². The smallest absolute Gasteiger partial charge is 0.323 e. The standard InChI is InChI=1S/C22H22F2N6O/c1-12-7-13(2)27-20(26-12)8-14-10-30(11-14)22(31)29-21-18(25)5-6-19(28-21)16-4-3-15(23)9-17(16)24/h3-7,9,14H,8,10-11,25H2,1-2H3,(H,28,29,31). The van der Waals surface area contributed by atoms with E-state index in [9.17, 15) is 13.6 Å². The van der Waals surface area contributed by atoms with Crippen LogP contribution in [0, 0.1) is 31.4 Å². The minimum absolute atomic E-state index is 0.120. The molecule has 1 saturated heterocycles. The van der Waals surface area contributed by atoms with E-state index in [4.69, 9.17) is 5.73 Å². The summed E-state index contributed by atoms with van der Waals surface area (Å²) < 4.78 is 27.2. The van der Waals surface area contributed by atoms with Crippen molar-refractivity contribution < 1.29 is 13.6 Å². The molecule has 2 aromatic heterocycles. The van der Waals surface area contributed by atoms with Crippen LogP contribution in [0.1, 0.15) is 17.2 Å². The molecular weight excluding hydrogens is 402 g/mol. The molecule has 0 radical (unpaired) electrons. The third-order valence-electron chi connectivity index (χ3n) is 5.10. The van der Waals surface area contributed by atoms with Crippen LogP contribution in [-0.4, -0.2) is 39.0 Å². The highest BCUT2D eigenvalue weighted by Gasteiger charge is 2.32. The number of aryl methyl sites for hydroxylation is 2. The van der Waals surface area contributed by atoms with Crippen molar-refractivity contribution in [1.29, 1.82) is 0 Å². The summed E-state index contributed by atoms with van der Waals surface area (Å²) in [5.74, 6) is -0.232. The molecule has 0 aliphatic carbocycles. The van der Waals surface area contributed by atoms with Crippen molar-refractivity contribution >= 4 is 17.5 Å². The van der Waals surface area contributed by atoms with E-state index in [0.717, 1.165) is 29.3 Å². The lowest BCUT2D eigenvalue weighted by Crippen LogP contribution is -2.52. The maximum absolute atomic E-state index is 14.1. The number of likely N-dealkylation sites (tertiary alicyclic amines) is 1. The number of nitrogens with zero attached hydrogens (tertiary/aromatic N) is 4. The van der Waals surface area contributed by atoms with Crippen molar-refractivity contribution in [3.63, 3.8) is 0 Å². The van der Waals surface area contributed by atoms with Gasteiger partial charge in [0.1, 0.15) is 17.5 Å². The van der Waals surface area contributed by atoms with Gasteiger partial charge < -0.3 is 10.6 Å². The number of carbonyl (C=O) groups is 1. The summed E-state index contributed by atoms with van der Waals surface area (Å²) in [4.78, 5) is 27.4. The fourth-order valence-corrected chi connectivity index (χ4v) is 3.61.